The van der Waals surface area contributed by atoms with Crippen molar-refractivity contribution >= 4 is 33.5 Å². The molecule has 0 saturated heterocycles. The fraction of sp³-hybridized carbons (Fsp3) is 0.389. The van der Waals surface area contributed by atoms with E-state index in [1.807, 2.05) is 20.8 Å². The van der Waals surface area contributed by atoms with Crippen LogP contribution in [0, 0.1) is 12.8 Å². The molecule has 10 heteroatoms. The topological polar surface area (TPSA) is 136 Å². The average Bonchev–Trinajstić information content (AvgIpc) is 2.56. The summed E-state index contributed by atoms with van der Waals surface area (Å²) in [4.78, 5) is 20.1. The van der Waals surface area contributed by atoms with E-state index in [4.69, 9.17) is 9.92 Å². The second-order valence-corrected chi connectivity index (χ2v) is 8.46. The number of hydrogen-bond acceptors (Lipinski definition) is 8. The summed E-state index contributed by atoms with van der Waals surface area (Å²) in [5.41, 5.74) is 6.87. The zero-order valence-electron chi connectivity index (χ0n) is 16.5. The largest absolute Gasteiger partial charge is 0.382 e. The molecule has 0 radical (unpaired) electrons. The number of amides is 1. The molecule has 1 aromatic carbocycles. The van der Waals surface area contributed by atoms with Crippen molar-refractivity contribution in [2.45, 2.75) is 33.7 Å². The van der Waals surface area contributed by atoms with Gasteiger partial charge in [0.25, 0.3) is 5.91 Å². The number of primary amides is 1. The van der Waals surface area contributed by atoms with Crippen LogP contribution in [-0.2, 0) is 10.1 Å². The van der Waals surface area contributed by atoms with Gasteiger partial charge in [0, 0.05) is 17.9 Å². The van der Waals surface area contributed by atoms with Crippen LogP contribution in [0.1, 0.15) is 36.7 Å². The number of aryl methyl sites for hydroxylation is 1. The Bertz CT molecular complexity index is 976. The smallest absolute Gasteiger partial charge is 0.306 e. The van der Waals surface area contributed by atoms with Crippen molar-refractivity contribution in [3.8, 4) is 5.75 Å². The molecule has 0 saturated carbocycles. The molecule has 1 atom stereocenters. The van der Waals surface area contributed by atoms with Crippen LogP contribution in [-0.4, -0.2) is 36.6 Å². The molecule has 9 nitrogen and oxygen atoms in total. The minimum atomic E-state index is -3.61. The minimum Gasteiger partial charge on any atom is -0.382 e. The van der Waals surface area contributed by atoms with Gasteiger partial charge >= 0.3 is 10.1 Å². The molecule has 2 rings (SSSR count). The van der Waals surface area contributed by atoms with E-state index in [1.165, 1.54) is 12.3 Å². The quantitative estimate of drug-likeness (QED) is 0.568. The summed E-state index contributed by atoms with van der Waals surface area (Å²) in [7, 11) is -3.61. The fourth-order valence-corrected chi connectivity index (χ4v) is 2.74. The lowest BCUT2D eigenvalue weighted by Gasteiger charge is -2.20. The number of carbonyl (C=O) groups excluding carboxylic acids is 1. The molecule has 1 heterocycles. The van der Waals surface area contributed by atoms with E-state index in [9.17, 15) is 13.2 Å². The van der Waals surface area contributed by atoms with Crippen molar-refractivity contribution in [1.29, 1.82) is 0 Å². The third kappa shape index (κ3) is 5.81. The molecule has 0 spiro atoms. The van der Waals surface area contributed by atoms with Crippen molar-refractivity contribution in [2.75, 3.05) is 16.9 Å². The summed E-state index contributed by atoms with van der Waals surface area (Å²) in [6, 6.07) is 4.95. The minimum absolute atomic E-state index is 0.0653. The number of benzene rings is 1. The SMILES string of the molecule is Cc1cc(Nc2ncc(C(N)=O)c(NC(C)C(C)C)n2)ccc1OS(C)(=O)=O. The molecule has 152 valence electrons. The Balaban J connectivity index is 2.28. The molecule has 28 heavy (non-hydrogen) atoms. The van der Waals surface area contributed by atoms with E-state index in [0.29, 0.717) is 23.0 Å². The monoisotopic (exact) mass is 407 g/mol. The van der Waals surface area contributed by atoms with Crippen LogP contribution in [0.15, 0.2) is 24.4 Å². The highest BCUT2D eigenvalue weighted by Crippen LogP contribution is 2.25. The van der Waals surface area contributed by atoms with Gasteiger partial charge in [-0.05, 0) is 43.5 Å². The summed E-state index contributed by atoms with van der Waals surface area (Å²) >= 11 is 0. The average molecular weight is 407 g/mol. The maximum absolute atomic E-state index is 11.7. The van der Waals surface area contributed by atoms with Gasteiger partial charge in [0.15, 0.2) is 0 Å². The Labute approximate surface area is 164 Å². The first-order valence-electron chi connectivity index (χ1n) is 8.66. The van der Waals surface area contributed by atoms with E-state index in [2.05, 4.69) is 20.6 Å². The van der Waals surface area contributed by atoms with Crippen molar-refractivity contribution in [3.63, 3.8) is 0 Å². The van der Waals surface area contributed by atoms with Crippen LogP contribution in [0.5, 0.6) is 5.75 Å². The van der Waals surface area contributed by atoms with Crippen LogP contribution in [0.2, 0.25) is 0 Å². The Morgan fingerprint density at radius 1 is 1.25 bits per heavy atom. The third-order valence-corrected chi connectivity index (χ3v) is 4.57. The van der Waals surface area contributed by atoms with Gasteiger partial charge in [-0.2, -0.15) is 13.4 Å². The van der Waals surface area contributed by atoms with Crippen molar-refractivity contribution in [2.24, 2.45) is 11.7 Å². The molecule has 2 aromatic rings. The number of aromatic nitrogens is 2. The second-order valence-electron chi connectivity index (χ2n) is 6.89. The van der Waals surface area contributed by atoms with E-state index >= 15 is 0 Å². The molecule has 1 aromatic heterocycles. The molecular weight excluding hydrogens is 382 g/mol. The lowest BCUT2D eigenvalue weighted by atomic mass is 10.1. The molecule has 0 fully saturated rings. The van der Waals surface area contributed by atoms with Gasteiger partial charge in [-0.25, -0.2) is 4.98 Å². The molecular formula is C18H25N5O4S. The first-order valence-corrected chi connectivity index (χ1v) is 10.5. The van der Waals surface area contributed by atoms with E-state index in [0.717, 1.165) is 6.26 Å². The summed E-state index contributed by atoms with van der Waals surface area (Å²) in [5.74, 6) is 0.547. The highest BCUT2D eigenvalue weighted by molar-refractivity contribution is 7.86. The number of rotatable bonds is 8. The number of hydrogen-bond donors (Lipinski definition) is 3. The van der Waals surface area contributed by atoms with Gasteiger partial charge in [0.1, 0.15) is 11.6 Å². The standard InChI is InChI=1S/C18H25N5O4S/c1-10(2)12(4)21-17-14(16(19)24)9-20-18(23-17)22-13-6-7-15(11(3)8-13)27-28(5,25)26/h6-10,12H,1-5H3,(H2,19,24)(H2,20,21,22,23). The predicted molar refractivity (Wildman–Crippen MR) is 108 cm³/mol. The number of nitrogens with one attached hydrogen (secondary N) is 2. The summed E-state index contributed by atoms with van der Waals surface area (Å²) < 4.78 is 27.5. The van der Waals surface area contributed by atoms with Gasteiger partial charge in [0.05, 0.1) is 11.8 Å². The summed E-state index contributed by atoms with van der Waals surface area (Å²) in [5, 5.41) is 6.21. The van der Waals surface area contributed by atoms with Crippen LogP contribution >= 0.6 is 0 Å². The highest BCUT2D eigenvalue weighted by atomic mass is 32.2. The lowest BCUT2D eigenvalue weighted by molar-refractivity contribution is 0.100. The first kappa shape index (κ1) is 21.4. The Hall–Kier alpha value is -2.88. The van der Waals surface area contributed by atoms with Crippen LogP contribution in [0.3, 0.4) is 0 Å². The van der Waals surface area contributed by atoms with Crippen LogP contribution in [0.25, 0.3) is 0 Å². The molecule has 4 N–H and O–H groups in total. The first-order chi connectivity index (χ1) is 13.0. The maximum atomic E-state index is 11.7. The number of anilines is 3. The van der Waals surface area contributed by atoms with Gasteiger partial charge < -0.3 is 20.6 Å². The molecule has 0 aliphatic rings. The number of nitrogens with two attached hydrogens (primary N) is 1. The Kier molecular flexibility index (Phi) is 6.45. The van der Waals surface area contributed by atoms with E-state index < -0.39 is 16.0 Å². The van der Waals surface area contributed by atoms with Gasteiger partial charge in [-0.3, -0.25) is 4.79 Å². The third-order valence-electron chi connectivity index (χ3n) is 4.09. The highest BCUT2D eigenvalue weighted by Gasteiger charge is 2.16. The Morgan fingerprint density at radius 2 is 1.93 bits per heavy atom. The van der Waals surface area contributed by atoms with Crippen LogP contribution < -0.4 is 20.6 Å². The molecule has 0 bridgehead atoms. The number of carbonyl (C=O) groups is 1. The van der Waals surface area contributed by atoms with E-state index in [1.54, 1.807) is 19.1 Å². The zero-order chi connectivity index (χ0) is 21.1. The van der Waals surface area contributed by atoms with E-state index in [-0.39, 0.29) is 23.3 Å². The maximum Gasteiger partial charge on any atom is 0.306 e. The van der Waals surface area contributed by atoms with Crippen LogP contribution in [0.4, 0.5) is 17.5 Å². The summed E-state index contributed by atoms with van der Waals surface area (Å²) in [6.45, 7) is 7.80. The zero-order valence-corrected chi connectivity index (χ0v) is 17.3. The van der Waals surface area contributed by atoms with Crippen molar-refractivity contribution in [3.05, 3.63) is 35.5 Å². The molecule has 1 amide bonds. The molecule has 1 unspecified atom stereocenters. The lowest BCUT2D eigenvalue weighted by Crippen LogP contribution is -2.25. The Morgan fingerprint density at radius 3 is 2.46 bits per heavy atom. The number of nitrogens with zero attached hydrogens (tertiary/aromatic N) is 2. The normalized spacial score (nSPS) is 12.5. The molecule has 0 aliphatic carbocycles. The fourth-order valence-electron chi connectivity index (χ4n) is 2.23. The van der Waals surface area contributed by atoms with Crippen molar-refractivity contribution < 1.29 is 17.4 Å². The summed E-state index contributed by atoms with van der Waals surface area (Å²) in [6.07, 6.45) is 2.35. The second kappa shape index (κ2) is 8.42. The van der Waals surface area contributed by atoms with Gasteiger partial charge in [-0.15, -0.1) is 0 Å². The van der Waals surface area contributed by atoms with Gasteiger partial charge in [-0.1, -0.05) is 13.8 Å². The van der Waals surface area contributed by atoms with Gasteiger partial charge in [0.2, 0.25) is 5.95 Å². The molecule has 0 aliphatic heterocycles. The van der Waals surface area contributed by atoms with Crippen molar-refractivity contribution in [1.82, 2.24) is 9.97 Å². The predicted octanol–water partition coefficient (Wildman–Crippen LogP) is 2.42.